The number of rotatable bonds is 5. The van der Waals surface area contributed by atoms with E-state index in [0.29, 0.717) is 23.7 Å². The number of nitrogens with zero attached hydrogens (tertiary/aromatic N) is 2. The molecule has 1 aliphatic rings. The van der Waals surface area contributed by atoms with Crippen molar-refractivity contribution in [1.29, 1.82) is 0 Å². The molecule has 1 saturated carbocycles. The smallest absolute Gasteiger partial charge is 0.233 e. The summed E-state index contributed by atoms with van der Waals surface area (Å²) in [5, 5.41) is 11.7. The van der Waals surface area contributed by atoms with E-state index in [-0.39, 0.29) is 6.04 Å². The van der Waals surface area contributed by atoms with E-state index in [1.165, 1.54) is 24.8 Å². The second-order valence-corrected chi connectivity index (χ2v) is 5.63. The summed E-state index contributed by atoms with van der Waals surface area (Å²) in [5.41, 5.74) is 1.35. The van der Waals surface area contributed by atoms with Crippen molar-refractivity contribution in [3.63, 3.8) is 0 Å². The fourth-order valence-electron chi connectivity index (χ4n) is 2.77. The highest BCUT2D eigenvalue weighted by Crippen LogP contribution is 2.38. The van der Waals surface area contributed by atoms with Gasteiger partial charge in [-0.2, -0.15) is 0 Å². The van der Waals surface area contributed by atoms with Gasteiger partial charge in [-0.25, -0.2) is 0 Å². The van der Waals surface area contributed by atoms with Crippen LogP contribution in [0.1, 0.15) is 55.6 Å². The molecule has 0 aliphatic heterocycles. The standard InChI is InChI=1S/C16H21N3O/c1-11(16-19-18-12(2)20-16)17-15(14-9-6-10-14)13-7-4-3-5-8-13/h3-5,7-8,11,14-15,17H,6,9-10H2,1-2H3/t11-,15-/m0/s1. The molecule has 0 spiro atoms. The van der Waals surface area contributed by atoms with E-state index in [1.54, 1.807) is 0 Å². The molecule has 1 fully saturated rings. The first-order valence-corrected chi connectivity index (χ1v) is 7.35. The Kier molecular flexibility index (Phi) is 3.83. The van der Waals surface area contributed by atoms with E-state index < -0.39 is 0 Å². The van der Waals surface area contributed by atoms with Crippen LogP contribution < -0.4 is 5.32 Å². The Balaban J connectivity index is 1.76. The maximum Gasteiger partial charge on any atom is 0.233 e. The Hall–Kier alpha value is -1.68. The van der Waals surface area contributed by atoms with Crippen LogP contribution in [0.15, 0.2) is 34.7 Å². The molecule has 0 radical (unpaired) electrons. The summed E-state index contributed by atoms with van der Waals surface area (Å²) in [7, 11) is 0. The van der Waals surface area contributed by atoms with Crippen LogP contribution in [0, 0.1) is 12.8 Å². The van der Waals surface area contributed by atoms with Crippen LogP contribution >= 0.6 is 0 Å². The third-order valence-electron chi connectivity index (χ3n) is 4.12. The van der Waals surface area contributed by atoms with E-state index >= 15 is 0 Å². The lowest BCUT2D eigenvalue weighted by molar-refractivity contribution is 0.211. The lowest BCUT2D eigenvalue weighted by atomic mass is 9.77. The second kappa shape index (κ2) is 5.75. The van der Waals surface area contributed by atoms with Gasteiger partial charge in [-0.15, -0.1) is 10.2 Å². The molecule has 1 N–H and O–H groups in total. The van der Waals surface area contributed by atoms with Crippen LogP contribution in [-0.2, 0) is 0 Å². The van der Waals surface area contributed by atoms with Gasteiger partial charge < -0.3 is 4.42 Å². The molecule has 1 aliphatic carbocycles. The van der Waals surface area contributed by atoms with Crippen molar-refractivity contribution in [3.05, 3.63) is 47.7 Å². The first kappa shape index (κ1) is 13.3. The summed E-state index contributed by atoms with van der Waals surface area (Å²) in [5.74, 6) is 2.00. The molecule has 2 atom stereocenters. The van der Waals surface area contributed by atoms with Crippen molar-refractivity contribution in [2.24, 2.45) is 5.92 Å². The normalized spacial score (nSPS) is 18.5. The zero-order valence-electron chi connectivity index (χ0n) is 12.0. The summed E-state index contributed by atoms with van der Waals surface area (Å²) in [4.78, 5) is 0. The lowest BCUT2D eigenvalue weighted by Crippen LogP contribution is -2.34. The maximum atomic E-state index is 5.53. The van der Waals surface area contributed by atoms with E-state index in [2.05, 4.69) is 52.8 Å². The molecule has 0 amide bonds. The van der Waals surface area contributed by atoms with Gasteiger partial charge in [0.2, 0.25) is 11.8 Å². The molecule has 4 nitrogen and oxygen atoms in total. The van der Waals surface area contributed by atoms with Crippen molar-refractivity contribution in [2.45, 2.75) is 45.2 Å². The zero-order chi connectivity index (χ0) is 13.9. The summed E-state index contributed by atoms with van der Waals surface area (Å²) in [6.45, 7) is 3.91. The Morgan fingerprint density at radius 3 is 2.50 bits per heavy atom. The molecule has 2 aromatic rings. The SMILES string of the molecule is Cc1nnc([C@H](C)N[C@@H](c2ccccc2)C2CCC2)o1. The van der Waals surface area contributed by atoms with Gasteiger partial charge >= 0.3 is 0 Å². The summed E-state index contributed by atoms with van der Waals surface area (Å²) in [6.07, 6.45) is 3.92. The zero-order valence-corrected chi connectivity index (χ0v) is 12.0. The topological polar surface area (TPSA) is 51.0 Å². The number of hydrogen-bond donors (Lipinski definition) is 1. The van der Waals surface area contributed by atoms with Crippen LogP contribution in [-0.4, -0.2) is 10.2 Å². The molecular formula is C16H21N3O. The molecule has 3 rings (SSSR count). The van der Waals surface area contributed by atoms with Crippen molar-refractivity contribution in [1.82, 2.24) is 15.5 Å². The second-order valence-electron chi connectivity index (χ2n) is 5.63. The van der Waals surface area contributed by atoms with Gasteiger partial charge in [-0.3, -0.25) is 5.32 Å². The first-order chi connectivity index (χ1) is 9.74. The van der Waals surface area contributed by atoms with Crippen molar-refractivity contribution < 1.29 is 4.42 Å². The number of hydrogen-bond acceptors (Lipinski definition) is 4. The highest BCUT2D eigenvalue weighted by Gasteiger charge is 2.30. The fraction of sp³-hybridized carbons (Fsp3) is 0.500. The number of nitrogens with one attached hydrogen (secondary N) is 1. The highest BCUT2D eigenvalue weighted by molar-refractivity contribution is 5.20. The summed E-state index contributed by atoms with van der Waals surface area (Å²) in [6, 6.07) is 11.1. The van der Waals surface area contributed by atoms with E-state index in [9.17, 15) is 0 Å². The van der Waals surface area contributed by atoms with Crippen molar-refractivity contribution in [3.8, 4) is 0 Å². The maximum absolute atomic E-state index is 5.53. The first-order valence-electron chi connectivity index (χ1n) is 7.35. The third kappa shape index (κ3) is 2.75. The average molecular weight is 271 g/mol. The largest absolute Gasteiger partial charge is 0.424 e. The Morgan fingerprint density at radius 1 is 1.20 bits per heavy atom. The number of benzene rings is 1. The Bertz CT molecular complexity index is 548. The molecule has 1 aromatic heterocycles. The number of aromatic nitrogens is 2. The molecule has 1 aromatic carbocycles. The molecule has 0 bridgehead atoms. The minimum atomic E-state index is 0.0713. The summed E-state index contributed by atoms with van der Waals surface area (Å²) >= 11 is 0. The monoisotopic (exact) mass is 271 g/mol. The fourth-order valence-corrected chi connectivity index (χ4v) is 2.77. The minimum Gasteiger partial charge on any atom is -0.424 e. The predicted octanol–water partition coefficient (Wildman–Crippen LogP) is 3.57. The quantitative estimate of drug-likeness (QED) is 0.903. The highest BCUT2D eigenvalue weighted by atomic mass is 16.4. The molecular weight excluding hydrogens is 250 g/mol. The predicted molar refractivity (Wildman–Crippen MR) is 77.1 cm³/mol. The van der Waals surface area contributed by atoms with Gasteiger partial charge in [0.15, 0.2) is 0 Å². The van der Waals surface area contributed by atoms with Crippen LogP contribution in [0.4, 0.5) is 0 Å². The van der Waals surface area contributed by atoms with Gasteiger partial charge in [0, 0.05) is 13.0 Å². The van der Waals surface area contributed by atoms with Gasteiger partial charge in [0.05, 0.1) is 6.04 Å². The van der Waals surface area contributed by atoms with E-state index in [0.717, 1.165) is 0 Å². The van der Waals surface area contributed by atoms with Crippen molar-refractivity contribution >= 4 is 0 Å². The molecule has 0 unspecified atom stereocenters. The van der Waals surface area contributed by atoms with E-state index in [4.69, 9.17) is 4.42 Å². The van der Waals surface area contributed by atoms with Crippen LogP contribution in [0.2, 0.25) is 0 Å². The molecule has 1 heterocycles. The van der Waals surface area contributed by atoms with Crippen LogP contribution in [0.25, 0.3) is 0 Å². The van der Waals surface area contributed by atoms with Crippen LogP contribution in [0.5, 0.6) is 0 Å². The van der Waals surface area contributed by atoms with Gasteiger partial charge in [-0.05, 0) is 31.2 Å². The number of aryl methyl sites for hydroxylation is 1. The van der Waals surface area contributed by atoms with Gasteiger partial charge in [0.25, 0.3) is 0 Å². The van der Waals surface area contributed by atoms with Gasteiger partial charge in [-0.1, -0.05) is 36.8 Å². The molecule has 106 valence electrons. The average Bonchev–Trinajstić information content (AvgIpc) is 2.84. The molecule has 20 heavy (non-hydrogen) atoms. The molecule has 0 saturated heterocycles. The Labute approximate surface area is 119 Å². The minimum absolute atomic E-state index is 0.0713. The summed E-state index contributed by atoms with van der Waals surface area (Å²) < 4.78 is 5.53. The van der Waals surface area contributed by atoms with Gasteiger partial charge in [0.1, 0.15) is 0 Å². The third-order valence-corrected chi connectivity index (χ3v) is 4.12. The van der Waals surface area contributed by atoms with Crippen molar-refractivity contribution in [2.75, 3.05) is 0 Å². The Morgan fingerprint density at radius 2 is 1.95 bits per heavy atom. The van der Waals surface area contributed by atoms with Crippen LogP contribution in [0.3, 0.4) is 0 Å². The molecule has 4 heteroatoms. The van der Waals surface area contributed by atoms with E-state index in [1.807, 2.05) is 6.92 Å². The lowest BCUT2D eigenvalue weighted by Gasteiger charge is -2.36.